The minimum Gasteiger partial charge on any atom is -0.477 e. The number of methoxy groups -OCH3 is 1. The number of carbonyl (C=O) groups is 1. The molecule has 9 nitrogen and oxygen atoms in total. The molecule has 9 heteroatoms. The number of nitrogens with zero attached hydrogens (tertiary/aromatic N) is 2. The highest BCUT2D eigenvalue weighted by atomic mass is 16.6. The Morgan fingerprint density at radius 2 is 2.35 bits per heavy atom. The van der Waals surface area contributed by atoms with Crippen LogP contribution in [0.1, 0.15) is 16.8 Å². The van der Waals surface area contributed by atoms with Crippen LogP contribution in [0.5, 0.6) is 0 Å². The van der Waals surface area contributed by atoms with Crippen LogP contribution in [-0.4, -0.2) is 52.5 Å². The maximum Gasteiger partial charge on any atom is 0.342 e. The van der Waals surface area contributed by atoms with Crippen molar-refractivity contribution >= 4 is 17.5 Å². The molecule has 0 saturated carbocycles. The number of anilines is 1. The fourth-order valence-corrected chi connectivity index (χ4v) is 1.61. The Morgan fingerprint density at radius 3 is 2.85 bits per heavy atom. The van der Waals surface area contributed by atoms with Crippen LogP contribution in [0.15, 0.2) is 12.3 Å². The summed E-state index contributed by atoms with van der Waals surface area (Å²) in [7, 11) is 1.48. The molecule has 0 radical (unpaired) electrons. The second-order valence-corrected chi connectivity index (χ2v) is 3.96. The minimum atomic E-state index is -1.41. The standard InChI is InChI=1S/C11H15N3O6/c1-20-6-7(2-3-15)13-10-4-8(11(16)17)9(5-12-10)14(18)19/h4-5,7,15H,2-3,6H2,1H3,(H,12,13)(H,16,17). The van der Waals surface area contributed by atoms with E-state index in [0.29, 0.717) is 6.42 Å². The van der Waals surface area contributed by atoms with E-state index >= 15 is 0 Å². The summed E-state index contributed by atoms with van der Waals surface area (Å²) < 4.78 is 4.94. The number of ether oxygens (including phenoxy) is 1. The fraction of sp³-hybridized carbons (Fsp3) is 0.455. The van der Waals surface area contributed by atoms with Crippen LogP contribution in [0.25, 0.3) is 0 Å². The van der Waals surface area contributed by atoms with Crippen molar-refractivity contribution in [2.45, 2.75) is 12.5 Å². The predicted molar refractivity (Wildman–Crippen MR) is 68.8 cm³/mol. The Bertz CT molecular complexity index is 487. The normalized spacial score (nSPS) is 11.9. The second kappa shape index (κ2) is 7.36. The van der Waals surface area contributed by atoms with Crippen molar-refractivity contribution in [3.63, 3.8) is 0 Å². The summed E-state index contributed by atoms with van der Waals surface area (Å²) in [6.45, 7) is 0.196. The lowest BCUT2D eigenvalue weighted by Gasteiger charge is -2.17. The monoisotopic (exact) mass is 285 g/mol. The summed E-state index contributed by atoms with van der Waals surface area (Å²) in [5.74, 6) is -1.24. The Balaban J connectivity index is 2.99. The molecule has 0 aliphatic rings. The SMILES string of the molecule is COCC(CCO)Nc1cc(C(=O)O)c([N+](=O)[O-])cn1. The number of hydrogen-bond donors (Lipinski definition) is 3. The van der Waals surface area contributed by atoms with Crippen molar-refractivity contribution in [1.82, 2.24) is 4.98 Å². The summed E-state index contributed by atoms with van der Waals surface area (Å²) >= 11 is 0. The molecular weight excluding hydrogens is 270 g/mol. The highest BCUT2D eigenvalue weighted by molar-refractivity contribution is 5.93. The predicted octanol–water partition coefficient (Wildman–Crippen LogP) is 0.497. The van der Waals surface area contributed by atoms with E-state index in [1.165, 1.54) is 7.11 Å². The van der Waals surface area contributed by atoms with Crippen LogP contribution in [0.2, 0.25) is 0 Å². The number of aliphatic hydroxyl groups excluding tert-OH is 1. The summed E-state index contributed by atoms with van der Waals surface area (Å²) in [5, 5.41) is 31.4. The first kappa shape index (κ1) is 15.8. The fourth-order valence-electron chi connectivity index (χ4n) is 1.61. The number of pyridine rings is 1. The molecule has 0 saturated heterocycles. The molecule has 110 valence electrons. The average Bonchev–Trinajstić information content (AvgIpc) is 2.38. The topological polar surface area (TPSA) is 135 Å². The molecule has 0 bridgehead atoms. The molecule has 0 spiro atoms. The van der Waals surface area contributed by atoms with Gasteiger partial charge in [-0.15, -0.1) is 0 Å². The van der Waals surface area contributed by atoms with Gasteiger partial charge in [-0.05, 0) is 6.42 Å². The molecule has 1 heterocycles. The van der Waals surface area contributed by atoms with E-state index in [1.54, 1.807) is 0 Å². The number of aliphatic hydroxyl groups is 1. The maximum atomic E-state index is 11.0. The van der Waals surface area contributed by atoms with Gasteiger partial charge in [-0.1, -0.05) is 0 Å². The summed E-state index contributed by atoms with van der Waals surface area (Å²) in [4.78, 5) is 24.7. The van der Waals surface area contributed by atoms with Gasteiger partial charge in [0.05, 0.1) is 17.6 Å². The molecule has 1 aromatic rings. The molecule has 0 aliphatic carbocycles. The van der Waals surface area contributed by atoms with Crippen molar-refractivity contribution in [2.75, 3.05) is 25.6 Å². The molecule has 0 aliphatic heterocycles. The van der Waals surface area contributed by atoms with Crippen LogP contribution >= 0.6 is 0 Å². The van der Waals surface area contributed by atoms with Crippen LogP contribution in [0, 0.1) is 10.1 Å². The van der Waals surface area contributed by atoms with Gasteiger partial charge in [0, 0.05) is 19.8 Å². The molecule has 0 amide bonds. The number of carboxylic acid groups (broad SMARTS) is 1. The van der Waals surface area contributed by atoms with Crippen molar-refractivity contribution < 1.29 is 24.7 Å². The molecule has 1 aromatic heterocycles. The number of carboxylic acids is 1. The number of rotatable bonds is 8. The van der Waals surface area contributed by atoms with Crippen LogP contribution in [-0.2, 0) is 4.74 Å². The van der Waals surface area contributed by atoms with Gasteiger partial charge in [0.2, 0.25) is 0 Å². The molecule has 3 N–H and O–H groups in total. The smallest absolute Gasteiger partial charge is 0.342 e. The van der Waals surface area contributed by atoms with Crippen molar-refractivity contribution in [1.29, 1.82) is 0 Å². The zero-order chi connectivity index (χ0) is 15.1. The molecule has 1 atom stereocenters. The van der Waals surface area contributed by atoms with Gasteiger partial charge in [-0.2, -0.15) is 0 Å². The first-order chi connectivity index (χ1) is 9.49. The zero-order valence-corrected chi connectivity index (χ0v) is 10.8. The molecule has 1 rings (SSSR count). The van der Waals surface area contributed by atoms with E-state index in [0.717, 1.165) is 12.3 Å². The van der Waals surface area contributed by atoms with Crippen LogP contribution in [0.4, 0.5) is 11.5 Å². The lowest BCUT2D eigenvalue weighted by molar-refractivity contribution is -0.385. The van der Waals surface area contributed by atoms with Gasteiger partial charge in [0.15, 0.2) is 0 Å². The lowest BCUT2D eigenvalue weighted by Crippen LogP contribution is -2.26. The summed E-state index contributed by atoms with van der Waals surface area (Å²) in [6, 6.07) is 0.807. The minimum absolute atomic E-state index is 0.0835. The van der Waals surface area contributed by atoms with E-state index in [1.807, 2.05) is 0 Å². The molecular formula is C11H15N3O6. The van der Waals surface area contributed by atoms with E-state index in [2.05, 4.69) is 10.3 Å². The van der Waals surface area contributed by atoms with Gasteiger partial charge in [-0.25, -0.2) is 9.78 Å². The highest BCUT2D eigenvalue weighted by Crippen LogP contribution is 2.20. The van der Waals surface area contributed by atoms with Gasteiger partial charge in [0.25, 0.3) is 0 Å². The molecule has 0 fully saturated rings. The summed E-state index contributed by atoms with van der Waals surface area (Å²) in [5.41, 5.74) is -1.03. The quantitative estimate of drug-likeness (QED) is 0.464. The van der Waals surface area contributed by atoms with Gasteiger partial charge in [0.1, 0.15) is 17.6 Å². The van der Waals surface area contributed by atoms with E-state index < -0.39 is 22.1 Å². The second-order valence-electron chi connectivity index (χ2n) is 3.96. The first-order valence-electron chi connectivity index (χ1n) is 5.73. The highest BCUT2D eigenvalue weighted by Gasteiger charge is 2.21. The number of aromatic nitrogens is 1. The zero-order valence-electron chi connectivity index (χ0n) is 10.8. The van der Waals surface area contributed by atoms with E-state index in [9.17, 15) is 14.9 Å². The van der Waals surface area contributed by atoms with Crippen LogP contribution in [0.3, 0.4) is 0 Å². The number of aromatic carboxylic acids is 1. The lowest BCUT2D eigenvalue weighted by atomic mass is 10.2. The number of nitrogens with one attached hydrogen (secondary N) is 1. The van der Waals surface area contributed by atoms with Gasteiger partial charge >= 0.3 is 11.7 Å². The third kappa shape index (κ3) is 4.14. The maximum absolute atomic E-state index is 11.0. The Kier molecular flexibility index (Phi) is 5.81. The van der Waals surface area contributed by atoms with Gasteiger partial charge < -0.3 is 20.3 Å². The Hall–Kier alpha value is -2.26. The number of hydrogen-bond acceptors (Lipinski definition) is 7. The number of nitro groups is 1. The van der Waals surface area contributed by atoms with Crippen LogP contribution < -0.4 is 5.32 Å². The largest absolute Gasteiger partial charge is 0.477 e. The van der Waals surface area contributed by atoms with Crippen molar-refractivity contribution in [3.8, 4) is 0 Å². The van der Waals surface area contributed by atoms with Crippen molar-refractivity contribution in [2.24, 2.45) is 0 Å². The molecule has 1 unspecified atom stereocenters. The Labute approximate surface area is 114 Å². The molecule has 0 aromatic carbocycles. The third-order valence-electron chi connectivity index (χ3n) is 2.51. The van der Waals surface area contributed by atoms with Crippen molar-refractivity contribution in [3.05, 3.63) is 27.9 Å². The van der Waals surface area contributed by atoms with E-state index in [4.69, 9.17) is 14.9 Å². The third-order valence-corrected chi connectivity index (χ3v) is 2.51. The summed E-state index contributed by atoms with van der Waals surface area (Å²) in [6.07, 6.45) is 1.25. The Morgan fingerprint density at radius 1 is 1.65 bits per heavy atom. The van der Waals surface area contributed by atoms with E-state index in [-0.39, 0.29) is 25.1 Å². The first-order valence-corrected chi connectivity index (χ1v) is 5.73. The average molecular weight is 285 g/mol. The van der Waals surface area contributed by atoms with Gasteiger partial charge in [-0.3, -0.25) is 10.1 Å². The molecule has 20 heavy (non-hydrogen) atoms.